The highest BCUT2D eigenvalue weighted by Gasteiger charge is 2.36. The minimum atomic E-state index is 0.348. The molecule has 1 aliphatic carbocycles. The van der Waals surface area contributed by atoms with E-state index in [-0.39, 0.29) is 0 Å². The van der Waals surface area contributed by atoms with Crippen molar-refractivity contribution in [2.45, 2.75) is 64.3 Å². The van der Waals surface area contributed by atoms with E-state index in [1.54, 1.807) is 0 Å². The molecule has 1 heterocycles. The topological polar surface area (TPSA) is 61.9 Å². The highest BCUT2D eigenvalue weighted by atomic mass is 16.4. The minimum absolute atomic E-state index is 0.348. The van der Waals surface area contributed by atoms with Crippen LogP contribution in [0.15, 0.2) is 5.16 Å². The van der Waals surface area contributed by atoms with Gasteiger partial charge in [0.25, 0.3) is 0 Å². The van der Waals surface area contributed by atoms with E-state index in [9.17, 15) is 0 Å². The lowest BCUT2D eigenvalue weighted by Crippen LogP contribution is -2.46. The van der Waals surface area contributed by atoms with Crippen molar-refractivity contribution in [3.63, 3.8) is 0 Å². The third-order valence-electron chi connectivity index (χ3n) is 5.03. The Morgan fingerprint density at radius 2 is 1.83 bits per heavy atom. The van der Waals surface area contributed by atoms with Gasteiger partial charge in [-0.05, 0) is 51.1 Å². The maximum absolute atomic E-state index is 8.63. The third kappa shape index (κ3) is 3.16. The van der Waals surface area contributed by atoms with Crippen LogP contribution in [0, 0.1) is 5.41 Å². The van der Waals surface area contributed by atoms with Crippen molar-refractivity contribution in [3.8, 4) is 0 Å². The van der Waals surface area contributed by atoms with E-state index in [4.69, 9.17) is 10.9 Å². The van der Waals surface area contributed by atoms with Gasteiger partial charge in [0.1, 0.15) is 5.84 Å². The van der Waals surface area contributed by atoms with Crippen LogP contribution in [-0.2, 0) is 0 Å². The second-order valence-electron chi connectivity index (χ2n) is 6.24. The van der Waals surface area contributed by atoms with Gasteiger partial charge in [0.15, 0.2) is 0 Å². The summed E-state index contributed by atoms with van der Waals surface area (Å²) in [5.74, 6) is 0.348. The molecule has 0 radical (unpaired) electrons. The molecule has 2 aliphatic rings. The van der Waals surface area contributed by atoms with Crippen LogP contribution in [0.4, 0.5) is 0 Å². The summed E-state index contributed by atoms with van der Waals surface area (Å²) in [5.41, 5.74) is 6.25. The van der Waals surface area contributed by atoms with E-state index in [0.717, 1.165) is 0 Å². The molecular weight excluding hydrogens is 226 g/mol. The first-order valence-corrected chi connectivity index (χ1v) is 7.36. The van der Waals surface area contributed by atoms with Gasteiger partial charge in [-0.15, -0.1) is 0 Å². The van der Waals surface area contributed by atoms with Crippen molar-refractivity contribution < 1.29 is 5.21 Å². The molecule has 0 aromatic rings. The Morgan fingerprint density at radius 3 is 2.39 bits per heavy atom. The zero-order chi connectivity index (χ0) is 13.0. The van der Waals surface area contributed by atoms with E-state index in [0.29, 0.717) is 23.7 Å². The molecule has 18 heavy (non-hydrogen) atoms. The molecule has 1 saturated carbocycles. The van der Waals surface area contributed by atoms with Crippen molar-refractivity contribution in [1.82, 2.24) is 4.90 Å². The highest BCUT2D eigenvalue weighted by molar-refractivity contribution is 5.80. The van der Waals surface area contributed by atoms with Gasteiger partial charge in [-0.2, -0.15) is 0 Å². The standard InChI is InChI=1S/C14H27N3O/c1-12(11-13(15)16-18)17-9-7-14(8-10-17)5-3-2-4-6-14/h12,18H,2-11H2,1H3,(H2,15,16). The summed E-state index contributed by atoms with van der Waals surface area (Å²) >= 11 is 0. The van der Waals surface area contributed by atoms with Gasteiger partial charge < -0.3 is 15.8 Å². The monoisotopic (exact) mass is 253 g/mol. The van der Waals surface area contributed by atoms with E-state index in [1.165, 1.54) is 58.0 Å². The van der Waals surface area contributed by atoms with Crippen LogP contribution in [-0.4, -0.2) is 35.1 Å². The number of amidine groups is 1. The second kappa shape index (κ2) is 5.91. The van der Waals surface area contributed by atoms with Crippen LogP contribution in [0.25, 0.3) is 0 Å². The summed E-state index contributed by atoms with van der Waals surface area (Å²) in [5, 5.41) is 11.7. The SMILES string of the molecule is CC(C/C(N)=N/O)N1CCC2(CCCCC2)CC1. The van der Waals surface area contributed by atoms with Crippen LogP contribution in [0.1, 0.15) is 58.3 Å². The summed E-state index contributed by atoms with van der Waals surface area (Å²) in [6.07, 6.45) is 10.5. The Morgan fingerprint density at radius 1 is 1.22 bits per heavy atom. The molecule has 2 rings (SSSR count). The Kier molecular flexibility index (Phi) is 4.49. The van der Waals surface area contributed by atoms with E-state index >= 15 is 0 Å². The first-order valence-electron chi connectivity index (χ1n) is 7.36. The Hall–Kier alpha value is -0.770. The predicted octanol–water partition coefficient (Wildman–Crippen LogP) is 2.56. The zero-order valence-electron chi connectivity index (χ0n) is 11.6. The number of likely N-dealkylation sites (tertiary alicyclic amines) is 1. The van der Waals surface area contributed by atoms with Gasteiger partial charge in [0, 0.05) is 12.5 Å². The zero-order valence-corrected chi connectivity index (χ0v) is 11.6. The molecule has 1 aliphatic heterocycles. The van der Waals surface area contributed by atoms with Crippen LogP contribution < -0.4 is 5.73 Å². The maximum Gasteiger partial charge on any atom is 0.140 e. The average Bonchev–Trinajstić information content (AvgIpc) is 2.40. The van der Waals surface area contributed by atoms with Crippen molar-refractivity contribution in [1.29, 1.82) is 0 Å². The van der Waals surface area contributed by atoms with Crippen LogP contribution in [0.5, 0.6) is 0 Å². The first kappa shape index (κ1) is 13.7. The molecule has 1 atom stereocenters. The summed E-state index contributed by atoms with van der Waals surface area (Å²) in [4.78, 5) is 2.50. The Balaban J connectivity index is 1.82. The second-order valence-corrected chi connectivity index (χ2v) is 6.24. The number of hydrogen-bond donors (Lipinski definition) is 2. The normalized spacial score (nSPS) is 27.3. The smallest absolute Gasteiger partial charge is 0.140 e. The van der Waals surface area contributed by atoms with E-state index in [2.05, 4.69) is 17.0 Å². The molecule has 1 spiro atoms. The molecule has 0 aromatic heterocycles. The molecule has 0 aromatic carbocycles. The molecule has 4 heteroatoms. The van der Waals surface area contributed by atoms with Gasteiger partial charge in [0.05, 0.1) is 0 Å². The summed E-state index contributed by atoms with van der Waals surface area (Å²) in [6.45, 7) is 4.54. The van der Waals surface area contributed by atoms with Crippen LogP contribution in [0.3, 0.4) is 0 Å². The average molecular weight is 253 g/mol. The van der Waals surface area contributed by atoms with Gasteiger partial charge in [0.2, 0.25) is 0 Å². The van der Waals surface area contributed by atoms with Crippen molar-refractivity contribution in [3.05, 3.63) is 0 Å². The van der Waals surface area contributed by atoms with Gasteiger partial charge in [-0.25, -0.2) is 0 Å². The molecule has 104 valence electrons. The lowest BCUT2D eigenvalue weighted by molar-refractivity contribution is 0.0503. The summed E-state index contributed by atoms with van der Waals surface area (Å²) in [6, 6.07) is 0.391. The van der Waals surface area contributed by atoms with Crippen LogP contribution >= 0.6 is 0 Å². The lowest BCUT2D eigenvalue weighted by atomic mass is 9.68. The quantitative estimate of drug-likeness (QED) is 0.352. The molecule has 1 unspecified atom stereocenters. The van der Waals surface area contributed by atoms with Crippen molar-refractivity contribution in [2.24, 2.45) is 16.3 Å². The Labute approximate surface area is 110 Å². The fourth-order valence-corrected chi connectivity index (χ4v) is 3.71. The molecule has 3 N–H and O–H groups in total. The molecule has 2 fully saturated rings. The molecule has 1 saturated heterocycles. The number of oxime groups is 1. The number of piperidine rings is 1. The van der Waals surface area contributed by atoms with E-state index in [1.807, 2.05) is 0 Å². The minimum Gasteiger partial charge on any atom is -0.409 e. The number of nitrogens with two attached hydrogens (primary N) is 1. The molecule has 4 nitrogen and oxygen atoms in total. The van der Waals surface area contributed by atoms with Gasteiger partial charge >= 0.3 is 0 Å². The largest absolute Gasteiger partial charge is 0.409 e. The van der Waals surface area contributed by atoms with Crippen LogP contribution in [0.2, 0.25) is 0 Å². The third-order valence-corrected chi connectivity index (χ3v) is 5.03. The highest BCUT2D eigenvalue weighted by Crippen LogP contribution is 2.44. The summed E-state index contributed by atoms with van der Waals surface area (Å²) in [7, 11) is 0. The number of hydrogen-bond acceptors (Lipinski definition) is 3. The molecular formula is C14H27N3O. The number of nitrogens with zero attached hydrogens (tertiary/aromatic N) is 2. The first-order chi connectivity index (χ1) is 8.65. The molecule has 0 amide bonds. The summed E-state index contributed by atoms with van der Waals surface area (Å²) < 4.78 is 0. The maximum atomic E-state index is 8.63. The van der Waals surface area contributed by atoms with Crippen molar-refractivity contribution in [2.75, 3.05) is 13.1 Å². The fraction of sp³-hybridized carbons (Fsp3) is 0.929. The molecule has 0 bridgehead atoms. The van der Waals surface area contributed by atoms with Crippen molar-refractivity contribution >= 4 is 5.84 Å². The predicted molar refractivity (Wildman–Crippen MR) is 73.8 cm³/mol. The van der Waals surface area contributed by atoms with E-state index < -0.39 is 0 Å². The van der Waals surface area contributed by atoms with Gasteiger partial charge in [-0.3, -0.25) is 0 Å². The Bertz CT molecular complexity index is 287. The van der Waals surface area contributed by atoms with Gasteiger partial charge in [-0.1, -0.05) is 24.4 Å². The fourth-order valence-electron chi connectivity index (χ4n) is 3.71. The lowest BCUT2D eigenvalue weighted by Gasteiger charge is -2.46. The number of rotatable bonds is 3.